The third-order valence-electron chi connectivity index (χ3n) is 4.06. The van der Waals surface area contributed by atoms with E-state index in [-0.39, 0.29) is 23.9 Å². The van der Waals surface area contributed by atoms with Gasteiger partial charge >= 0.3 is 0 Å². The van der Waals surface area contributed by atoms with Gasteiger partial charge < -0.3 is 9.80 Å². The van der Waals surface area contributed by atoms with E-state index in [9.17, 15) is 9.59 Å². The van der Waals surface area contributed by atoms with Crippen LogP contribution in [0.1, 0.15) is 25.8 Å². The van der Waals surface area contributed by atoms with Crippen LogP contribution in [-0.2, 0) is 0 Å². The highest BCUT2D eigenvalue weighted by Crippen LogP contribution is 2.33. The first-order valence-electron chi connectivity index (χ1n) is 6.67. The molecule has 0 unspecified atom stereocenters. The van der Waals surface area contributed by atoms with E-state index in [1.165, 1.54) is 23.1 Å². The van der Waals surface area contributed by atoms with E-state index in [0.717, 1.165) is 6.42 Å². The SMILES string of the molecule is O=C(c1ccns1)N1C[C@@H]2C[C@H]1CN2C(=O)c1ccns1. The number of fused-ring (bicyclic) bond motifs is 2. The summed E-state index contributed by atoms with van der Waals surface area (Å²) in [4.78, 5) is 29.9. The molecule has 2 bridgehead atoms. The molecule has 2 fully saturated rings. The molecule has 2 atom stereocenters. The highest BCUT2D eigenvalue weighted by atomic mass is 32.1. The summed E-state index contributed by atoms with van der Waals surface area (Å²) < 4.78 is 7.96. The van der Waals surface area contributed by atoms with Crippen LogP contribution >= 0.6 is 23.1 Å². The van der Waals surface area contributed by atoms with Gasteiger partial charge in [-0.1, -0.05) is 0 Å². The number of aromatic nitrogens is 2. The normalized spacial score (nSPS) is 23.8. The van der Waals surface area contributed by atoms with Gasteiger partial charge in [0.05, 0.1) is 12.1 Å². The zero-order valence-electron chi connectivity index (χ0n) is 11.0. The van der Waals surface area contributed by atoms with Crippen LogP contribution in [0.5, 0.6) is 0 Å². The molecule has 21 heavy (non-hydrogen) atoms. The van der Waals surface area contributed by atoms with Gasteiger partial charge in [0.1, 0.15) is 9.75 Å². The summed E-state index contributed by atoms with van der Waals surface area (Å²) in [6, 6.07) is 3.75. The molecule has 2 aliphatic rings. The number of carbonyl (C=O) groups excluding carboxylic acids is 2. The Balaban J connectivity index is 1.49. The molecule has 0 aromatic carbocycles. The Morgan fingerprint density at radius 2 is 1.43 bits per heavy atom. The predicted molar refractivity (Wildman–Crippen MR) is 78.5 cm³/mol. The summed E-state index contributed by atoms with van der Waals surface area (Å²) in [7, 11) is 0. The lowest BCUT2D eigenvalue weighted by Crippen LogP contribution is -2.50. The summed E-state index contributed by atoms with van der Waals surface area (Å²) in [6.07, 6.45) is 4.16. The number of hydrogen-bond donors (Lipinski definition) is 0. The van der Waals surface area contributed by atoms with Crippen molar-refractivity contribution in [2.24, 2.45) is 0 Å². The number of piperazine rings is 1. The second kappa shape index (κ2) is 4.88. The molecule has 2 aromatic rings. The minimum atomic E-state index is 0.0369. The molecule has 0 saturated carbocycles. The van der Waals surface area contributed by atoms with E-state index in [2.05, 4.69) is 8.75 Å². The van der Waals surface area contributed by atoms with E-state index >= 15 is 0 Å². The van der Waals surface area contributed by atoms with Crippen LogP contribution in [0.2, 0.25) is 0 Å². The molecule has 2 amide bonds. The van der Waals surface area contributed by atoms with Crippen molar-refractivity contribution in [2.45, 2.75) is 18.5 Å². The van der Waals surface area contributed by atoms with Crippen LogP contribution < -0.4 is 0 Å². The number of nitrogens with zero attached hydrogens (tertiary/aromatic N) is 4. The molecular weight excluding hydrogens is 308 g/mol. The van der Waals surface area contributed by atoms with Crippen molar-refractivity contribution in [1.82, 2.24) is 18.5 Å². The van der Waals surface area contributed by atoms with Crippen LogP contribution in [-0.4, -0.2) is 55.5 Å². The molecule has 4 heterocycles. The van der Waals surface area contributed by atoms with Gasteiger partial charge in [0.2, 0.25) is 0 Å². The van der Waals surface area contributed by atoms with E-state index in [1.807, 2.05) is 9.80 Å². The lowest BCUT2D eigenvalue weighted by atomic mass is 10.2. The molecule has 0 aliphatic carbocycles. The first-order chi connectivity index (χ1) is 10.2. The molecular formula is C13H12N4O2S2. The van der Waals surface area contributed by atoms with Gasteiger partial charge in [0.25, 0.3) is 11.8 Å². The van der Waals surface area contributed by atoms with Gasteiger partial charge in [-0.2, -0.15) is 0 Å². The number of likely N-dealkylation sites (tertiary alicyclic amines) is 2. The van der Waals surface area contributed by atoms with Crippen molar-refractivity contribution >= 4 is 34.9 Å². The monoisotopic (exact) mass is 320 g/mol. The van der Waals surface area contributed by atoms with Gasteiger partial charge in [-0.05, 0) is 41.6 Å². The molecule has 108 valence electrons. The zero-order chi connectivity index (χ0) is 14.4. The van der Waals surface area contributed by atoms with E-state index in [0.29, 0.717) is 22.8 Å². The van der Waals surface area contributed by atoms with Gasteiger partial charge in [0.15, 0.2) is 0 Å². The molecule has 0 radical (unpaired) electrons. The molecule has 2 saturated heterocycles. The molecule has 2 aromatic heterocycles. The van der Waals surface area contributed by atoms with Gasteiger partial charge in [-0.3, -0.25) is 9.59 Å². The largest absolute Gasteiger partial charge is 0.331 e. The van der Waals surface area contributed by atoms with Crippen LogP contribution in [0.3, 0.4) is 0 Å². The molecule has 8 heteroatoms. The summed E-state index contributed by atoms with van der Waals surface area (Å²) in [6.45, 7) is 1.23. The Hall–Kier alpha value is -1.80. The number of carbonyl (C=O) groups is 2. The lowest BCUT2D eigenvalue weighted by Gasteiger charge is -2.33. The second-order valence-corrected chi connectivity index (χ2v) is 6.88. The fourth-order valence-electron chi connectivity index (χ4n) is 3.10. The van der Waals surface area contributed by atoms with Gasteiger partial charge in [-0.25, -0.2) is 8.75 Å². The number of amides is 2. The van der Waals surface area contributed by atoms with Gasteiger partial charge in [0, 0.05) is 25.5 Å². The zero-order valence-corrected chi connectivity index (χ0v) is 12.6. The Morgan fingerprint density at radius 3 is 1.76 bits per heavy atom. The number of hydrogen-bond acceptors (Lipinski definition) is 6. The molecule has 0 N–H and O–H groups in total. The van der Waals surface area contributed by atoms with Gasteiger partial charge in [-0.15, -0.1) is 0 Å². The minimum absolute atomic E-state index is 0.0369. The Labute approximate surface area is 129 Å². The smallest absolute Gasteiger partial charge is 0.265 e. The second-order valence-electron chi connectivity index (χ2n) is 5.21. The fraction of sp³-hybridized carbons (Fsp3) is 0.385. The summed E-state index contributed by atoms with van der Waals surface area (Å²) in [5.74, 6) is 0.0739. The molecule has 4 rings (SSSR count). The maximum atomic E-state index is 12.4. The van der Waals surface area contributed by atoms with Crippen molar-refractivity contribution in [2.75, 3.05) is 13.1 Å². The quantitative estimate of drug-likeness (QED) is 0.837. The topological polar surface area (TPSA) is 66.4 Å². The van der Waals surface area contributed by atoms with Crippen LogP contribution in [0.4, 0.5) is 0 Å². The van der Waals surface area contributed by atoms with E-state index in [4.69, 9.17) is 0 Å². The summed E-state index contributed by atoms with van der Waals surface area (Å²) in [5, 5.41) is 0. The Bertz CT molecular complexity index is 612. The van der Waals surface area contributed by atoms with E-state index < -0.39 is 0 Å². The third-order valence-corrected chi connectivity index (χ3v) is 5.53. The Morgan fingerprint density at radius 1 is 0.952 bits per heavy atom. The standard InChI is InChI=1S/C13H12N4O2S2/c18-12(10-1-3-14-20-10)16-6-9-5-8(16)7-17(9)13(19)11-2-4-15-21-11/h1-4,8-9H,5-7H2/t8-,9-/m0/s1. The highest BCUT2D eigenvalue weighted by molar-refractivity contribution is 7.08. The first-order valence-corrected chi connectivity index (χ1v) is 8.22. The van der Waals surface area contributed by atoms with Crippen molar-refractivity contribution in [3.63, 3.8) is 0 Å². The Kier molecular flexibility index (Phi) is 3.00. The third kappa shape index (κ3) is 2.06. The van der Waals surface area contributed by atoms with Crippen LogP contribution in [0, 0.1) is 0 Å². The van der Waals surface area contributed by atoms with Crippen LogP contribution in [0.15, 0.2) is 24.5 Å². The highest BCUT2D eigenvalue weighted by Gasteiger charge is 2.47. The first kappa shape index (κ1) is 12.9. The van der Waals surface area contributed by atoms with Crippen molar-refractivity contribution < 1.29 is 9.59 Å². The summed E-state index contributed by atoms with van der Waals surface area (Å²) in [5.41, 5.74) is 0. The fourth-order valence-corrected chi connectivity index (χ4v) is 4.20. The van der Waals surface area contributed by atoms with E-state index in [1.54, 1.807) is 24.5 Å². The predicted octanol–water partition coefficient (Wildman–Crippen LogP) is 1.34. The van der Waals surface area contributed by atoms with Crippen LogP contribution in [0.25, 0.3) is 0 Å². The summed E-state index contributed by atoms with van der Waals surface area (Å²) >= 11 is 2.44. The molecule has 0 spiro atoms. The molecule has 2 aliphatic heterocycles. The average Bonchev–Trinajstić information content (AvgIpc) is 3.30. The van der Waals surface area contributed by atoms with Crippen molar-refractivity contribution in [3.05, 3.63) is 34.3 Å². The van der Waals surface area contributed by atoms with Crippen molar-refractivity contribution in [1.29, 1.82) is 0 Å². The van der Waals surface area contributed by atoms with Crippen molar-refractivity contribution in [3.8, 4) is 0 Å². The number of rotatable bonds is 2. The maximum Gasteiger partial charge on any atom is 0.265 e. The average molecular weight is 320 g/mol. The lowest BCUT2D eigenvalue weighted by molar-refractivity contribution is 0.0532. The molecule has 6 nitrogen and oxygen atoms in total. The maximum absolute atomic E-state index is 12.4. The minimum Gasteiger partial charge on any atom is -0.331 e.